The van der Waals surface area contributed by atoms with E-state index in [4.69, 9.17) is 0 Å². The molecule has 0 aromatic heterocycles. The quantitative estimate of drug-likeness (QED) is 0.559. The van der Waals surface area contributed by atoms with Crippen LogP contribution in [0.4, 0.5) is 0 Å². The lowest BCUT2D eigenvalue weighted by Crippen LogP contribution is -2.33. The molecule has 0 spiro atoms. The highest BCUT2D eigenvalue weighted by Crippen LogP contribution is 2.15. The van der Waals surface area contributed by atoms with Crippen molar-refractivity contribution >= 4 is 5.97 Å². The Kier molecular flexibility index (Phi) is 5.72. The van der Waals surface area contributed by atoms with E-state index in [0.717, 1.165) is 19.4 Å². The fourth-order valence-electron chi connectivity index (χ4n) is 1.34. The molecule has 3 heteroatoms. The number of carbonyl (C=O) groups is 1. The van der Waals surface area contributed by atoms with Crippen LogP contribution in [0.2, 0.25) is 0 Å². The zero-order chi connectivity index (χ0) is 9.56. The molecule has 0 saturated carbocycles. The molecule has 1 atom stereocenters. The van der Waals surface area contributed by atoms with Crippen LogP contribution in [0.3, 0.4) is 0 Å². The van der Waals surface area contributed by atoms with E-state index in [1.165, 1.54) is 7.11 Å². The summed E-state index contributed by atoms with van der Waals surface area (Å²) in [6.45, 7) is 5.01. The van der Waals surface area contributed by atoms with Crippen molar-refractivity contribution in [2.75, 3.05) is 20.7 Å². The molecule has 1 aliphatic heterocycles. The summed E-state index contributed by atoms with van der Waals surface area (Å²) >= 11 is 0. The lowest BCUT2D eigenvalue weighted by Gasteiger charge is -2.15. The van der Waals surface area contributed by atoms with Gasteiger partial charge in [-0.2, -0.15) is 0 Å². The number of esters is 1. The van der Waals surface area contributed by atoms with E-state index >= 15 is 0 Å². The summed E-state index contributed by atoms with van der Waals surface area (Å²) in [5.41, 5.74) is 0. The zero-order valence-corrected chi connectivity index (χ0v) is 8.46. The fraction of sp³-hybridized carbons (Fsp3) is 0.889. The number of nitrogens with zero attached hydrogens (tertiary/aromatic N) is 1. The molecule has 0 aromatic rings. The van der Waals surface area contributed by atoms with E-state index < -0.39 is 0 Å². The summed E-state index contributed by atoms with van der Waals surface area (Å²) in [5.74, 6) is -0.0972. The fourth-order valence-corrected chi connectivity index (χ4v) is 1.34. The Morgan fingerprint density at radius 2 is 2.08 bits per heavy atom. The van der Waals surface area contributed by atoms with Gasteiger partial charge in [-0.15, -0.1) is 0 Å². The number of likely N-dealkylation sites (tertiary alicyclic amines) is 1. The van der Waals surface area contributed by atoms with Crippen molar-refractivity contribution < 1.29 is 9.53 Å². The van der Waals surface area contributed by atoms with E-state index in [9.17, 15) is 4.79 Å². The first-order valence-electron chi connectivity index (χ1n) is 4.54. The molecule has 0 aliphatic carbocycles. The maximum atomic E-state index is 11.0. The minimum Gasteiger partial charge on any atom is -0.468 e. The highest BCUT2D eigenvalue weighted by molar-refractivity contribution is 5.75. The topological polar surface area (TPSA) is 29.5 Å². The van der Waals surface area contributed by atoms with Crippen molar-refractivity contribution in [2.24, 2.45) is 0 Å². The molecule has 72 valence electrons. The third-order valence-corrected chi connectivity index (χ3v) is 1.99. The average molecular weight is 173 g/mol. The molecule has 1 heterocycles. The van der Waals surface area contributed by atoms with Gasteiger partial charge in [0.15, 0.2) is 0 Å². The van der Waals surface area contributed by atoms with Gasteiger partial charge in [-0.25, -0.2) is 0 Å². The first kappa shape index (κ1) is 11.4. The van der Waals surface area contributed by atoms with Crippen molar-refractivity contribution in [3.8, 4) is 0 Å². The predicted octanol–water partition coefficient (Wildman–Crippen LogP) is 1.28. The normalized spacial score (nSPS) is 22.8. The van der Waals surface area contributed by atoms with Gasteiger partial charge in [0.05, 0.1) is 7.11 Å². The van der Waals surface area contributed by atoms with Crippen LogP contribution in [0.25, 0.3) is 0 Å². The number of carbonyl (C=O) groups excluding carboxylic acids is 1. The van der Waals surface area contributed by atoms with E-state index in [-0.39, 0.29) is 12.0 Å². The average Bonchev–Trinajstić information content (AvgIpc) is 2.54. The van der Waals surface area contributed by atoms with Gasteiger partial charge < -0.3 is 4.74 Å². The lowest BCUT2D eigenvalue weighted by atomic mass is 10.2. The van der Waals surface area contributed by atoms with E-state index in [1.54, 1.807) is 0 Å². The van der Waals surface area contributed by atoms with Gasteiger partial charge in [-0.3, -0.25) is 9.69 Å². The molecule has 3 nitrogen and oxygen atoms in total. The van der Waals surface area contributed by atoms with Gasteiger partial charge in [0.1, 0.15) is 6.04 Å². The van der Waals surface area contributed by atoms with E-state index in [2.05, 4.69) is 4.74 Å². The maximum absolute atomic E-state index is 11.0. The first-order chi connectivity index (χ1) is 5.75. The second-order valence-corrected chi connectivity index (χ2v) is 2.66. The maximum Gasteiger partial charge on any atom is 0.323 e. The number of rotatable bonds is 1. The molecule has 0 radical (unpaired) electrons. The number of likely N-dealkylation sites (N-methyl/N-ethyl adjacent to an activating group) is 1. The second kappa shape index (κ2) is 6.00. The number of ether oxygens (including phenoxy) is 1. The Balaban J connectivity index is 0.000000561. The summed E-state index contributed by atoms with van der Waals surface area (Å²) in [5, 5.41) is 0. The summed E-state index contributed by atoms with van der Waals surface area (Å²) in [4.78, 5) is 13.0. The molecule has 1 aliphatic rings. The van der Waals surface area contributed by atoms with Gasteiger partial charge >= 0.3 is 5.97 Å². The Morgan fingerprint density at radius 3 is 2.42 bits per heavy atom. The highest BCUT2D eigenvalue weighted by atomic mass is 16.5. The monoisotopic (exact) mass is 173 g/mol. The molecule has 1 rings (SSSR count). The third-order valence-electron chi connectivity index (χ3n) is 1.99. The van der Waals surface area contributed by atoms with Crippen molar-refractivity contribution in [1.82, 2.24) is 4.90 Å². The Labute approximate surface area is 74.7 Å². The van der Waals surface area contributed by atoms with Crippen molar-refractivity contribution in [3.63, 3.8) is 0 Å². The molecular weight excluding hydrogens is 154 g/mol. The van der Waals surface area contributed by atoms with Gasteiger partial charge in [0.2, 0.25) is 0 Å². The van der Waals surface area contributed by atoms with Crippen LogP contribution in [-0.4, -0.2) is 37.6 Å². The standard InChI is InChI=1S/C7H13NO2.C2H6/c1-8-5-3-4-6(8)7(9)10-2;1-2/h6H,3-5H2,1-2H3;1-2H3/t6-;/m0./s1. The summed E-state index contributed by atoms with van der Waals surface area (Å²) in [7, 11) is 3.39. The summed E-state index contributed by atoms with van der Waals surface area (Å²) in [6, 6.07) is 0.0185. The Morgan fingerprint density at radius 1 is 1.50 bits per heavy atom. The molecule has 0 bridgehead atoms. The second-order valence-electron chi connectivity index (χ2n) is 2.66. The van der Waals surface area contributed by atoms with Crippen molar-refractivity contribution in [2.45, 2.75) is 32.7 Å². The van der Waals surface area contributed by atoms with Crippen LogP contribution in [0.1, 0.15) is 26.7 Å². The Hall–Kier alpha value is -0.570. The minimum atomic E-state index is -0.0972. The molecule has 0 N–H and O–H groups in total. The van der Waals surface area contributed by atoms with Crippen LogP contribution in [0, 0.1) is 0 Å². The van der Waals surface area contributed by atoms with Crippen LogP contribution < -0.4 is 0 Å². The van der Waals surface area contributed by atoms with Crippen LogP contribution in [-0.2, 0) is 9.53 Å². The van der Waals surface area contributed by atoms with Gasteiger partial charge in [-0.1, -0.05) is 13.8 Å². The van der Waals surface area contributed by atoms with E-state index in [1.807, 2.05) is 25.8 Å². The lowest BCUT2D eigenvalue weighted by molar-refractivity contribution is -0.145. The minimum absolute atomic E-state index is 0.0185. The van der Waals surface area contributed by atoms with Crippen molar-refractivity contribution in [1.29, 1.82) is 0 Å². The molecule has 0 aromatic carbocycles. The van der Waals surface area contributed by atoms with Crippen LogP contribution >= 0.6 is 0 Å². The number of hydrogen-bond acceptors (Lipinski definition) is 3. The SMILES string of the molecule is CC.COC(=O)[C@@H]1CCCN1C. The summed E-state index contributed by atoms with van der Waals surface area (Å²) in [6.07, 6.45) is 2.06. The molecule has 0 unspecified atom stereocenters. The smallest absolute Gasteiger partial charge is 0.323 e. The number of methoxy groups -OCH3 is 1. The molecule has 0 amide bonds. The highest BCUT2D eigenvalue weighted by Gasteiger charge is 2.27. The van der Waals surface area contributed by atoms with Crippen molar-refractivity contribution in [3.05, 3.63) is 0 Å². The van der Waals surface area contributed by atoms with Gasteiger partial charge in [0, 0.05) is 0 Å². The molecule has 1 saturated heterocycles. The Bertz CT molecular complexity index is 136. The van der Waals surface area contributed by atoms with Crippen LogP contribution in [0.5, 0.6) is 0 Å². The van der Waals surface area contributed by atoms with Gasteiger partial charge in [-0.05, 0) is 26.4 Å². The molecule has 12 heavy (non-hydrogen) atoms. The summed E-state index contributed by atoms with van der Waals surface area (Å²) < 4.78 is 4.62. The molecular formula is C9H19NO2. The van der Waals surface area contributed by atoms with Crippen LogP contribution in [0.15, 0.2) is 0 Å². The van der Waals surface area contributed by atoms with Gasteiger partial charge in [0.25, 0.3) is 0 Å². The third kappa shape index (κ3) is 2.81. The number of hydrogen-bond donors (Lipinski definition) is 0. The molecule has 1 fully saturated rings. The predicted molar refractivity (Wildman–Crippen MR) is 49.0 cm³/mol. The largest absolute Gasteiger partial charge is 0.468 e. The zero-order valence-electron chi connectivity index (χ0n) is 8.46. The first-order valence-corrected chi connectivity index (χ1v) is 4.54. The van der Waals surface area contributed by atoms with E-state index in [0.29, 0.717) is 0 Å².